The smallest absolute Gasteiger partial charge is 0.335 e. The number of carbonyl (C=O) groups is 1. The van der Waals surface area contributed by atoms with Gasteiger partial charge in [0.25, 0.3) is 0 Å². The van der Waals surface area contributed by atoms with Crippen LogP contribution in [0.25, 0.3) is 0 Å². The molecule has 114 valence electrons. The predicted octanol–water partition coefficient (Wildman–Crippen LogP) is 2.18. The third-order valence-electron chi connectivity index (χ3n) is 5.35. The Balaban J connectivity index is 1.94. The molecule has 1 saturated heterocycles. The third kappa shape index (κ3) is 2.36. The van der Waals surface area contributed by atoms with Gasteiger partial charge in [0.2, 0.25) is 0 Å². The summed E-state index contributed by atoms with van der Waals surface area (Å²) in [6.45, 7) is 6.70. The molecule has 0 aromatic heterocycles. The second-order valence-corrected chi connectivity index (χ2v) is 6.35. The summed E-state index contributed by atoms with van der Waals surface area (Å²) < 4.78 is 0. The van der Waals surface area contributed by atoms with Gasteiger partial charge in [-0.3, -0.25) is 4.90 Å². The van der Waals surface area contributed by atoms with Crippen LogP contribution < -0.4 is 0 Å². The van der Waals surface area contributed by atoms with Crippen LogP contribution in [0.5, 0.6) is 0 Å². The van der Waals surface area contributed by atoms with Crippen LogP contribution in [0.3, 0.4) is 0 Å². The molecule has 3 rings (SSSR count). The van der Waals surface area contributed by atoms with Crippen molar-refractivity contribution in [2.45, 2.75) is 31.7 Å². The Hall–Kier alpha value is -1.39. The minimum atomic E-state index is -0.827. The Morgan fingerprint density at radius 3 is 2.62 bits per heavy atom. The van der Waals surface area contributed by atoms with E-state index >= 15 is 0 Å². The number of piperazine rings is 1. The maximum absolute atomic E-state index is 11.2. The lowest BCUT2D eigenvalue weighted by Crippen LogP contribution is -2.53. The highest BCUT2D eigenvalue weighted by molar-refractivity contribution is 5.88. The fourth-order valence-corrected chi connectivity index (χ4v) is 4.02. The topological polar surface area (TPSA) is 43.8 Å². The van der Waals surface area contributed by atoms with Gasteiger partial charge in [0.1, 0.15) is 0 Å². The van der Waals surface area contributed by atoms with Crippen LogP contribution in [0, 0.1) is 0 Å². The molecule has 0 radical (unpaired) electrons. The van der Waals surface area contributed by atoms with Crippen molar-refractivity contribution in [3.63, 3.8) is 0 Å². The first-order valence-electron chi connectivity index (χ1n) is 7.87. The Kier molecular flexibility index (Phi) is 3.76. The fourth-order valence-electron chi connectivity index (χ4n) is 4.02. The molecule has 2 aliphatic rings. The molecule has 1 aromatic rings. The molecule has 1 fully saturated rings. The van der Waals surface area contributed by atoms with E-state index < -0.39 is 5.97 Å². The van der Waals surface area contributed by atoms with Gasteiger partial charge < -0.3 is 10.0 Å². The van der Waals surface area contributed by atoms with Crippen LogP contribution in [0.1, 0.15) is 41.3 Å². The second kappa shape index (κ2) is 5.43. The second-order valence-electron chi connectivity index (χ2n) is 6.35. The lowest BCUT2D eigenvalue weighted by Gasteiger charge is -2.45. The van der Waals surface area contributed by atoms with E-state index in [9.17, 15) is 4.79 Å². The SMILES string of the molecule is CC[C@]1(N2CCN(C)CC2)CCc2cc(C(=O)O)ccc21. The first kappa shape index (κ1) is 14.5. The molecular weight excluding hydrogens is 264 g/mol. The van der Waals surface area contributed by atoms with Crippen molar-refractivity contribution in [1.82, 2.24) is 9.80 Å². The molecule has 1 aliphatic heterocycles. The number of likely N-dealkylation sites (N-methyl/N-ethyl adjacent to an activating group) is 1. The summed E-state index contributed by atoms with van der Waals surface area (Å²) in [6.07, 6.45) is 3.21. The van der Waals surface area contributed by atoms with Gasteiger partial charge in [-0.1, -0.05) is 13.0 Å². The number of carboxylic acids is 1. The van der Waals surface area contributed by atoms with E-state index in [0.717, 1.165) is 45.4 Å². The van der Waals surface area contributed by atoms with E-state index in [1.54, 1.807) is 6.07 Å². The van der Waals surface area contributed by atoms with Gasteiger partial charge in [-0.05, 0) is 49.6 Å². The molecule has 1 N–H and O–H groups in total. The average molecular weight is 288 g/mol. The van der Waals surface area contributed by atoms with Gasteiger partial charge in [0.15, 0.2) is 0 Å². The van der Waals surface area contributed by atoms with Crippen LogP contribution >= 0.6 is 0 Å². The van der Waals surface area contributed by atoms with Gasteiger partial charge >= 0.3 is 5.97 Å². The van der Waals surface area contributed by atoms with Gasteiger partial charge in [-0.15, -0.1) is 0 Å². The van der Waals surface area contributed by atoms with Crippen molar-refractivity contribution in [2.24, 2.45) is 0 Å². The molecule has 0 unspecified atom stereocenters. The molecule has 0 saturated carbocycles. The summed E-state index contributed by atoms with van der Waals surface area (Å²) >= 11 is 0. The number of rotatable bonds is 3. The zero-order valence-electron chi connectivity index (χ0n) is 12.9. The molecular formula is C17H24N2O2. The number of carboxylic acid groups (broad SMARTS) is 1. The summed E-state index contributed by atoms with van der Waals surface area (Å²) in [7, 11) is 2.18. The van der Waals surface area contributed by atoms with Crippen LogP contribution in [0.15, 0.2) is 18.2 Å². The number of fused-ring (bicyclic) bond motifs is 1. The molecule has 0 spiro atoms. The number of nitrogens with zero attached hydrogens (tertiary/aromatic N) is 2. The number of aryl methyl sites for hydroxylation is 1. The number of aromatic carboxylic acids is 1. The maximum atomic E-state index is 11.2. The Morgan fingerprint density at radius 2 is 2.00 bits per heavy atom. The number of benzene rings is 1. The summed E-state index contributed by atoms with van der Waals surface area (Å²) in [6, 6.07) is 5.71. The van der Waals surface area contributed by atoms with E-state index in [1.807, 2.05) is 6.07 Å². The van der Waals surface area contributed by atoms with Crippen molar-refractivity contribution in [3.8, 4) is 0 Å². The lowest BCUT2D eigenvalue weighted by molar-refractivity contribution is 0.0343. The molecule has 1 atom stereocenters. The van der Waals surface area contributed by atoms with Gasteiger partial charge in [-0.2, -0.15) is 0 Å². The third-order valence-corrected chi connectivity index (χ3v) is 5.35. The van der Waals surface area contributed by atoms with Gasteiger partial charge in [0, 0.05) is 31.7 Å². The molecule has 1 heterocycles. The Labute approximate surface area is 126 Å². The van der Waals surface area contributed by atoms with E-state index in [2.05, 4.69) is 29.8 Å². The quantitative estimate of drug-likeness (QED) is 0.926. The van der Waals surface area contributed by atoms with Crippen molar-refractivity contribution in [2.75, 3.05) is 33.2 Å². The monoisotopic (exact) mass is 288 g/mol. The minimum absolute atomic E-state index is 0.119. The van der Waals surface area contributed by atoms with Gasteiger partial charge in [-0.25, -0.2) is 4.79 Å². The minimum Gasteiger partial charge on any atom is -0.478 e. The van der Waals surface area contributed by atoms with Crippen molar-refractivity contribution in [3.05, 3.63) is 34.9 Å². The van der Waals surface area contributed by atoms with Crippen LogP contribution in [0.4, 0.5) is 0 Å². The van der Waals surface area contributed by atoms with Gasteiger partial charge in [0.05, 0.1) is 5.56 Å². The Bertz CT molecular complexity index is 550. The summed E-state index contributed by atoms with van der Waals surface area (Å²) in [5, 5.41) is 9.17. The van der Waals surface area contributed by atoms with E-state index in [0.29, 0.717) is 5.56 Å². The molecule has 1 aliphatic carbocycles. The standard InChI is InChI=1S/C17H24N2O2/c1-3-17(19-10-8-18(2)9-11-19)7-6-13-12-14(16(20)21)4-5-15(13)17/h4-5,12H,3,6-11H2,1-2H3,(H,20,21)/t17-/m0/s1. The van der Waals surface area contributed by atoms with Crippen LogP contribution in [-0.2, 0) is 12.0 Å². The normalized spacial score (nSPS) is 26.8. The fraction of sp³-hybridized carbons (Fsp3) is 0.588. The van der Waals surface area contributed by atoms with Crippen molar-refractivity contribution < 1.29 is 9.90 Å². The first-order valence-corrected chi connectivity index (χ1v) is 7.87. The van der Waals surface area contributed by atoms with Crippen molar-refractivity contribution >= 4 is 5.97 Å². The zero-order valence-corrected chi connectivity index (χ0v) is 12.9. The number of hydrogen-bond acceptors (Lipinski definition) is 3. The van der Waals surface area contributed by atoms with Crippen LogP contribution in [-0.4, -0.2) is 54.1 Å². The molecule has 21 heavy (non-hydrogen) atoms. The largest absolute Gasteiger partial charge is 0.478 e. The summed E-state index contributed by atoms with van der Waals surface area (Å²) in [5.41, 5.74) is 3.13. The van der Waals surface area contributed by atoms with E-state index in [1.165, 1.54) is 11.1 Å². The zero-order chi connectivity index (χ0) is 15.0. The highest BCUT2D eigenvalue weighted by Gasteiger charge is 2.42. The average Bonchev–Trinajstić information content (AvgIpc) is 2.87. The first-order chi connectivity index (χ1) is 10.1. The lowest BCUT2D eigenvalue weighted by atomic mass is 9.86. The highest BCUT2D eigenvalue weighted by atomic mass is 16.4. The summed E-state index contributed by atoms with van der Waals surface area (Å²) in [5.74, 6) is -0.827. The van der Waals surface area contributed by atoms with E-state index in [4.69, 9.17) is 5.11 Å². The molecule has 4 heteroatoms. The number of hydrogen-bond donors (Lipinski definition) is 1. The summed E-state index contributed by atoms with van der Waals surface area (Å²) in [4.78, 5) is 16.2. The molecule has 1 aromatic carbocycles. The predicted molar refractivity (Wildman–Crippen MR) is 82.8 cm³/mol. The molecule has 0 amide bonds. The molecule has 0 bridgehead atoms. The Morgan fingerprint density at radius 1 is 1.29 bits per heavy atom. The molecule has 4 nitrogen and oxygen atoms in total. The van der Waals surface area contributed by atoms with Crippen molar-refractivity contribution in [1.29, 1.82) is 0 Å². The van der Waals surface area contributed by atoms with Crippen LogP contribution in [0.2, 0.25) is 0 Å². The highest BCUT2D eigenvalue weighted by Crippen LogP contribution is 2.44. The van der Waals surface area contributed by atoms with E-state index in [-0.39, 0.29) is 5.54 Å². The maximum Gasteiger partial charge on any atom is 0.335 e.